The molecule has 39 heavy (non-hydrogen) atoms. The first-order chi connectivity index (χ1) is 18.4. The number of amides is 1. The molecule has 210 valence electrons. The molecule has 10 heteroatoms. The molecular formula is C29H35Cl2N3O5. The van der Waals surface area contributed by atoms with Crippen LogP contribution in [0.5, 0.6) is 5.75 Å². The Morgan fingerprint density at radius 3 is 2.44 bits per heavy atom. The number of hydrogen-bond donors (Lipinski definition) is 1. The van der Waals surface area contributed by atoms with Crippen molar-refractivity contribution in [3.8, 4) is 5.75 Å². The molecule has 1 aromatic heterocycles. The maximum atomic E-state index is 12.9. The van der Waals surface area contributed by atoms with E-state index in [1.54, 1.807) is 11.1 Å². The van der Waals surface area contributed by atoms with Crippen LogP contribution in [0.4, 0.5) is 10.6 Å². The topological polar surface area (TPSA) is 92.2 Å². The SMILES string of the molecule is Cc1cc(Cl)c(O[C@@H]2CCN(c3ccc([C@@H]4C[C@H]5CC[C@@H]([C@H]4C(=O)O)N5C(=O)OC(C)(C)C)cn3)C2)c(Cl)c1. The summed E-state index contributed by atoms with van der Waals surface area (Å²) >= 11 is 12.7. The van der Waals surface area contributed by atoms with Gasteiger partial charge in [0.1, 0.15) is 17.5 Å². The number of hydrogen-bond acceptors (Lipinski definition) is 6. The smallest absolute Gasteiger partial charge is 0.410 e. The number of aromatic nitrogens is 1. The Labute approximate surface area is 239 Å². The fourth-order valence-electron chi connectivity index (χ4n) is 6.29. The number of nitrogens with zero attached hydrogens (tertiary/aromatic N) is 3. The van der Waals surface area contributed by atoms with E-state index in [4.69, 9.17) is 37.7 Å². The largest absolute Gasteiger partial charge is 0.485 e. The number of pyridine rings is 1. The second-order valence-electron chi connectivity index (χ2n) is 11.9. The quantitative estimate of drug-likeness (QED) is 0.446. The molecule has 1 amide bonds. The van der Waals surface area contributed by atoms with Crippen molar-refractivity contribution in [3.63, 3.8) is 0 Å². The van der Waals surface area contributed by atoms with Crippen LogP contribution in [0.1, 0.15) is 63.5 Å². The zero-order valence-corrected chi connectivity index (χ0v) is 24.2. The van der Waals surface area contributed by atoms with Gasteiger partial charge in [0, 0.05) is 37.2 Å². The minimum absolute atomic E-state index is 0.0398. The summed E-state index contributed by atoms with van der Waals surface area (Å²) in [5.74, 6) is -0.507. The van der Waals surface area contributed by atoms with Crippen molar-refractivity contribution in [3.05, 3.63) is 51.6 Å². The van der Waals surface area contributed by atoms with E-state index in [1.807, 2.05) is 52.0 Å². The lowest BCUT2D eigenvalue weighted by atomic mass is 9.76. The molecule has 5 rings (SSSR count). The van der Waals surface area contributed by atoms with Gasteiger partial charge < -0.3 is 24.4 Å². The minimum Gasteiger partial charge on any atom is -0.485 e. The van der Waals surface area contributed by atoms with Crippen LogP contribution < -0.4 is 9.64 Å². The van der Waals surface area contributed by atoms with Crippen molar-refractivity contribution >= 4 is 41.1 Å². The lowest BCUT2D eigenvalue weighted by molar-refractivity contribution is -0.146. The highest BCUT2D eigenvalue weighted by atomic mass is 35.5. The van der Waals surface area contributed by atoms with Crippen LogP contribution in [0.25, 0.3) is 0 Å². The normalized spacial score (nSPS) is 26.6. The standard InChI is InChI=1S/C29H35Cl2N3O5/c1-16-11-21(30)26(22(31)12-16)38-19-9-10-33(15-19)24-8-5-17(14-32-24)20-13-18-6-7-23(25(20)27(35)36)34(18)28(37)39-29(2,3)4/h5,8,11-12,14,18-20,23,25H,6-7,9-10,13,15H2,1-4H3,(H,35,36)/t18-,19-,20+,23+,25+/m1/s1. The summed E-state index contributed by atoms with van der Waals surface area (Å²) in [6.07, 6.45) is 4.11. The number of aryl methyl sites for hydroxylation is 1. The molecule has 0 saturated carbocycles. The van der Waals surface area contributed by atoms with E-state index < -0.39 is 29.6 Å². The average Bonchev–Trinajstić information content (AvgIpc) is 3.43. The second kappa shape index (κ2) is 10.7. The molecule has 2 aromatic rings. The number of piperidine rings is 1. The molecule has 8 nitrogen and oxygen atoms in total. The molecule has 0 aliphatic carbocycles. The van der Waals surface area contributed by atoms with Crippen LogP contribution in [0.3, 0.4) is 0 Å². The first-order valence-corrected chi connectivity index (χ1v) is 14.2. The summed E-state index contributed by atoms with van der Waals surface area (Å²) in [6, 6.07) is 7.17. The summed E-state index contributed by atoms with van der Waals surface area (Å²) in [4.78, 5) is 33.9. The Balaban J connectivity index is 1.27. The van der Waals surface area contributed by atoms with E-state index in [1.165, 1.54) is 0 Å². The molecule has 3 aliphatic heterocycles. The van der Waals surface area contributed by atoms with Crippen molar-refractivity contribution in [2.45, 2.75) is 83.1 Å². The van der Waals surface area contributed by atoms with Crippen LogP contribution in [-0.4, -0.2) is 63.9 Å². The predicted molar refractivity (Wildman–Crippen MR) is 150 cm³/mol. The molecule has 1 aromatic carbocycles. The number of ether oxygens (including phenoxy) is 2. The number of carboxylic acid groups (broad SMARTS) is 1. The number of aliphatic carboxylic acids is 1. The highest BCUT2D eigenvalue weighted by Gasteiger charge is 2.53. The number of carbonyl (C=O) groups is 2. The first-order valence-electron chi connectivity index (χ1n) is 13.5. The van der Waals surface area contributed by atoms with Gasteiger partial charge in [0.25, 0.3) is 0 Å². The van der Waals surface area contributed by atoms with Crippen LogP contribution >= 0.6 is 23.2 Å². The van der Waals surface area contributed by atoms with Crippen LogP contribution in [0, 0.1) is 12.8 Å². The monoisotopic (exact) mass is 575 g/mol. The van der Waals surface area contributed by atoms with E-state index in [0.29, 0.717) is 35.2 Å². The molecule has 3 aliphatic rings. The van der Waals surface area contributed by atoms with Gasteiger partial charge in [-0.3, -0.25) is 4.79 Å². The van der Waals surface area contributed by atoms with Crippen molar-refractivity contribution in [2.75, 3.05) is 18.0 Å². The molecule has 2 bridgehead atoms. The van der Waals surface area contributed by atoms with Gasteiger partial charge in [-0.2, -0.15) is 0 Å². The Kier molecular flexibility index (Phi) is 7.63. The fraction of sp³-hybridized carbons (Fsp3) is 0.552. The van der Waals surface area contributed by atoms with E-state index in [-0.39, 0.29) is 18.1 Å². The zero-order valence-electron chi connectivity index (χ0n) is 22.7. The fourth-order valence-corrected chi connectivity index (χ4v) is 6.97. The molecular weight excluding hydrogens is 541 g/mol. The maximum Gasteiger partial charge on any atom is 0.410 e. The molecule has 1 N–H and O–H groups in total. The average molecular weight is 577 g/mol. The minimum atomic E-state index is -0.893. The summed E-state index contributed by atoms with van der Waals surface area (Å²) in [5.41, 5.74) is 1.23. The lowest BCUT2D eigenvalue weighted by Crippen LogP contribution is -2.54. The zero-order chi connectivity index (χ0) is 28.1. The maximum absolute atomic E-state index is 12.9. The van der Waals surface area contributed by atoms with Crippen LogP contribution in [-0.2, 0) is 9.53 Å². The van der Waals surface area contributed by atoms with Crippen LogP contribution in [0.15, 0.2) is 30.5 Å². The van der Waals surface area contributed by atoms with E-state index >= 15 is 0 Å². The van der Waals surface area contributed by atoms with Gasteiger partial charge in [-0.05, 0) is 76.3 Å². The Bertz CT molecular complexity index is 1230. The highest BCUT2D eigenvalue weighted by molar-refractivity contribution is 6.37. The van der Waals surface area contributed by atoms with Gasteiger partial charge in [0.05, 0.1) is 22.5 Å². The molecule has 0 spiro atoms. The molecule has 3 saturated heterocycles. The van der Waals surface area contributed by atoms with Crippen molar-refractivity contribution in [1.82, 2.24) is 9.88 Å². The summed E-state index contributed by atoms with van der Waals surface area (Å²) in [7, 11) is 0. The number of benzene rings is 1. The van der Waals surface area contributed by atoms with Crippen LogP contribution in [0.2, 0.25) is 10.0 Å². The van der Waals surface area contributed by atoms with Crippen molar-refractivity contribution < 1.29 is 24.2 Å². The van der Waals surface area contributed by atoms with Crippen molar-refractivity contribution in [2.24, 2.45) is 5.92 Å². The first kappa shape index (κ1) is 27.8. The third kappa shape index (κ3) is 5.78. The van der Waals surface area contributed by atoms with Gasteiger partial charge >= 0.3 is 12.1 Å². The number of rotatable bonds is 5. The third-order valence-electron chi connectivity index (χ3n) is 7.90. The highest BCUT2D eigenvalue weighted by Crippen LogP contribution is 2.47. The van der Waals surface area contributed by atoms with Gasteiger partial charge in [-0.15, -0.1) is 0 Å². The Morgan fingerprint density at radius 1 is 1.10 bits per heavy atom. The molecule has 3 fully saturated rings. The van der Waals surface area contributed by atoms with E-state index in [0.717, 1.165) is 36.3 Å². The summed E-state index contributed by atoms with van der Waals surface area (Å²) in [5, 5.41) is 11.2. The van der Waals surface area contributed by atoms with E-state index in [2.05, 4.69) is 4.90 Å². The van der Waals surface area contributed by atoms with Gasteiger partial charge in [0.15, 0.2) is 5.75 Å². The van der Waals surface area contributed by atoms with Gasteiger partial charge in [-0.25, -0.2) is 9.78 Å². The number of carbonyl (C=O) groups excluding carboxylic acids is 1. The van der Waals surface area contributed by atoms with Gasteiger partial charge in [-0.1, -0.05) is 29.3 Å². The third-order valence-corrected chi connectivity index (χ3v) is 8.47. The molecule has 0 unspecified atom stereocenters. The van der Waals surface area contributed by atoms with Gasteiger partial charge in [0.2, 0.25) is 0 Å². The molecule has 0 radical (unpaired) electrons. The molecule has 4 heterocycles. The summed E-state index contributed by atoms with van der Waals surface area (Å²) < 4.78 is 11.8. The number of fused-ring (bicyclic) bond motifs is 2. The lowest BCUT2D eigenvalue weighted by Gasteiger charge is -2.43. The summed E-state index contributed by atoms with van der Waals surface area (Å²) in [6.45, 7) is 8.81. The number of carboxylic acids is 1. The number of anilines is 1. The number of halogens is 2. The second-order valence-corrected chi connectivity index (χ2v) is 12.7. The predicted octanol–water partition coefficient (Wildman–Crippen LogP) is 6.31. The Hall–Kier alpha value is -2.71. The van der Waals surface area contributed by atoms with E-state index in [9.17, 15) is 14.7 Å². The Morgan fingerprint density at radius 2 is 1.82 bits per heavy atom. The van der Waals surface area contributed by atoms with Crippen molar-refractivity contribution in [1.29, 1.82) is 0 Å². The molecule has 5 atom stereocenters.